The third-order valence-corrected chi connectivity index (χ3v) is 9.92. The van der Waals surface area contributed by atoms with Gasteiger partial charge in [-0.3, -0.25) is 19.3 Å². The van der Waals surface area contributed by atoms with Crippen LogP contribution in [0.4, 0.5) is 5.69 Å². The second-order valence-corrected chi connectivity index (χ2v) is 11.5. The topological polar surface area (TPSA) is 66.5 Å². The first-order valence-corrected chi connectivity index (χ1v) is 13.8. The summed E-state index contributed by atoms with van der Waals surface area (Å²) in [6.07, 6.45) is 1.48. The molecule has 0 saturated carbocycles. The van der Waals surface area contributed by atoms with Crippen LogP contribution < -0.4 is 5.32 Å². The molecule has 0 unspecified atom stereocenters. The van der Waals surface area contributed by atoms with Crippen LogP contribution in [0.2, 0.25) is 0 Å². The van der Waals surface area contributed by atoms with Crippen LogP contribution in [-0.2, 0) is 37.0 Å². The fraction of sp³-hybridized carbons (Fsp3) is 0.323. The maximum Gasteiger partial charge on any atom is 0.247 e. The van der Waals surface area contributed by atoms with Crippen LogP contribution in [0.15, 0.2) is 66.7 Å². The van der Waals surface area contributed by atoms with E-state index in [-0.39, 0.29) is 0 Å². The molecule has 3 aromatic rings. The third kappa shape index (κ3) is 3.03. The van der Waals surface area contributed by atoms with Crippen molar-refractivity contribution < 1.29 is 14.4 Å². The Hall–Kier alpha value is -3.15. The zero-order chi connectivity index (χ0) is 27.0. The van der Waals surface area contributed by atoms with Crippen LogP contribution in [0.3, 0.4) is 0 Å². The first-order chi connectivity index (χ1) is 18.2. The highest BCUT2D eigenvalue weighted by Gasteiger charge is 2.73. The fourth-order valence-electron chi connectivity index (χ4n) is 6.82. The van der Waals surface area contributed by atoms with Gasteiger partial charge in [0.15, 0.2) is 0 Å². The number of carbonyl (C=O) groups excluding carboxylic acids is 3. The Bertz CT molecular complexity index is 1370. The fourth-order valence-corrected chi connectivity index (χ4v) is 7.92. The number of halogens is 2. The van der Waals surface area contributed by atoms with Crippen LogP contribution >= 0.6 is 23.2 Å². The Labute approximate surface area is 232 Å². The standard InChI is InChI=1S/C31H28Cl2N2O3/c1-4-18-11-10-12-19(5-2)26(18)34-27(36)17(3)35-28(37)24-25(29(35)38)31(33)21-14-7-6-13-20(21)30(24,32)22-15-8-9-16-23(22)31/h6-17,24-25H,4-5H2,1-3H3,(H,34,36)/t17-,24-,25+,30?,31?/m0/s1. The Morgan fingerprint density at radius 1 is 0.789 bits per heavy atom. The number of imide groups is 1. The summed E-state index contributed by atoms with van der Waals surface area (Å²) in [5.74, 6) is -3.21. The van der Waals surface area contributed by atoms with Crippen molar-refractivity contribution in [1.82, 2.24) is 4.90 Å². The lowest BCUT2D eigenvalue weighted by atomic mass is 9.54. The molecule has 7 heteroatoms. The number of benzene rings is 3. The number of carbonyl (C=O) groups is 3. The number of rotatable bonds is 5. The van der Waals surface area contributed by atoms with E-state index in [4.69, 9.17) is 23.2 Å². The summed E-state index contributed by atoms with van der Waals surface area (Å²) in [5.41, 5.74) is 5.69. The van der Waals surface area contributed by atoms with E-state index in [1.54, 1.807) is 6.92 Å². The summed E-state index contributed by atoms with van der Waals surface area (Å²) in [6.45, 7) is 5.64. The molecule has 2 bridgehead atoms. The SMILES string of the molecule is CCc1cccc(CC)c1NC(=O)[C@H](C)N1C(=O)[C@@H]2[C@H](C1=O)C1(Cl)c3ccccc3C2(Cl)c2ccccc21. The molecule has 1 fully saturated rings. The average molecular weight is 547 g/mol. The molecule has 5 nitrogen and oxygen atoms in total. The molecule has 3 amide bonds. The molecule has 3 aromatic carbocycles. The maximum absolute atomic E-state index is 14.1. The zero-order valence-corrected chi connectivity index (χ0v) is 22.9. The molecule has 38 heavy (non-hydrogen) atoms. The largest absolute Gasteiger partial charge is 0.324 e. The number of para-hydroxylation sites is 1. The van der Waals surface area contributed by atoms with Gasteiger partial charge in [-0.2, -0.15) is 0 Å². The van der Waals surface area contributed by atoms with Gasteiger partial charge in [0, 0.05) is 5.69 Å². The van der Waals surface area contributed by atoms with Crippen molar-refractivity contribution in [3.8, 4) is 0 Å². The number of alkyl halides is 2. The predicted octanol–water partition coefficient (Wildman–Crippen LogP) is 5.73. The van der Waals surface area contributed by atoms with Gasteiger partial charge in [0.25, 0.3) is 0 Å². The van der Waals surface area contributed by atoms with E-state index in [1.807, 2.05) is 80.6 Å². The Balaban J connectivity index is 1.43. The highest BCUT2D eigenvalue weighted by Crippen LogP contribution is 2.69. The first kappa shape index (κ1) is 25.1. The first-order valence-electron chi connectivity index (χ1n) is 13.1. The monoisotopic (exact) mass is 546 g/mol. The lowest BCUT2D eigenvalue weighted by Crippen LogP contribution is -2.57. The van der Waals surface area contributed by atoms with Gasteiger partial charge in [0.2, 0.25) is 17.7 Å². The van der Waals surface area contributed by atoms with Crippen LogP contribution in [0, 0.1) is 11.8 Å². The summed E-state index contributed by atoms with van der Waals surface area (Å²) >= 11 is 15.0. The minimum Gasteiger partial charge on any atom is -0.324 e. The zero-order valence-electron chi connectivity index (χ0n) is 21.4. The molecular weight excluding hydrogens is 519 g/mol. The Morgan fingerprint density at radius 2 is 1.18 bits per heavy atom. The maximum atomic E-state index is 14.1. The van der Waals surface area contributed by atoms with Gasteiger partial charge in [-0.15, -0.1) is 23.2 Å². The van der Waals surface area contributed by atoms with Crippen molar-refractivity contribution in [3.63, 3.8) is 0 Å². The van der Waals surface area contributed by atoms with E-state index < -0.39 is 45.3 Å². The second-order valence-electron chi connectivity index (χ2n) is 10.3. The minimum absolute atomic E-state index is 0.421. The van der Waals surface area contributed by atoms with Gasteiger partial charge < -0.3 is 5.32 Å². The van der Waals surface area contributed by atoms with Gasteiger partial charge in [0.1, 0.15) is 15.8 Å². The van der Waals surface area contributed by atoms with E-state index in [0.29, 0.717) is 0 Å². The summed E-state index contributed by atoms with van der Waals surface area (Å²) in [4.78, 5) is 40.4. The van der Waals surface area contributed by atoms with E-state index >= 15 is 0 Å². The number of anilines is 1. The number of amides is 3. The average Bonchev–Trinajstić information content (AvgIpc) is 3.22. The third-order valence-electron chi connectivity index (χ3n) is 8.63. The predicted molar refractivity (Wildman–Crippen MR) is 148 cm³/mol. The summed E-state index contributed by atoms with van der Waals surface area (Å²) in [6, 6.07) is 19.9. The number of nitrogens with zero attached hydrogens (tertiary/aromatic N) is 1. The molecule has 7 rings (SSSR count). The van der Waals surface area contributed by atoms with Crippen molar-refractivity contribution in [2.24, 2.45) is 11.8 Å². The van der Waals surface area contributed by atoms with E-state index in [1.165, 1.54) is 0 Å². The summed E-state index contributed by atoms with van der Waals surface area (Å²) < 4.78 is 0. The Kier molecular flexibility index (Phi) is 5.75. The second kappa shape index (κ2) is 8.69. The van der Waals surface area contributed by atoms with Crippen molar-refractivity contribution in [2.75, 3.05) is 5.32 Å². The lowest BCUT2D eigenvalue weighted by Gasteiger charge is -2.54. The quantitative estimate of drug-likeness (QED) is 0.328. The summed E-state index contributed by atoms with van der Waals surface area (Å²) in [5, 5.41) is 3.02. The van der Waals surface area contributed by atoms with Gasteiger partial charge in [-0.25, -0.2) is 0 Å². The number of nitrogens with one attached hydrogen (secondary N) is 1. The lowest BCUT2D eigenvalue weighted by molar-refractivity contribution is -0.146. The number of likely N-dealkylation sites (tertiary alicyclic amines) is 1. The molecule has 4 aliphatic rings. The molecule has 3 aliphatic carbocycles. The molecule has 0 aromatic heterocycles. The number of aryl methyl sites for hydroxylation is 2. The molecule has 1 N–H and O–H groups in total. The van der Waals surface area contributed by atoms with Crippen molar-refractivity contribution >= 4 is 46.6 Å². The molecule has 1 heterocycles. The molecule has 0 spiro atoms. The van der Waals surface area contributed by atoms with E-state index in [0.717, 1.165) is 56.8 Å². The molecule has 1 aliphatic heterocycles. The minimum atomic E-state index is -1.27. The molecular formula is C31H28Cl2N2O3. The number of hydrogen-bond acceptors (Lipinski definition) is 3. The van der Waals surface area contributed by atoms with E-state index in [2.05, 4.69) is 5.32 Å². The van der Waals surface area contributed by atoms with Gasteiger partial charge >= 0.3 is 0 Å². The smallest absolute Gasteiger partial charge is 0.247 e. The van der Waals surface area contributed by atoms with E-state index in [9.17, 15) is 14.4 Å². The summed E-state index contributed by atoms with van der Waals surface area (Å²) in [7, 11) is 0. The van der Waals surface area contributed by atoms with Crippen LogP contribution in [0.25, 0.3) is 0 Å². The van der Waals surface area contributed by atoms with Crippen LogP contribution in [0.5, 0.6) is 0 Å². The van der Waals surface area contributed by atoms with Crippen LogP contribution in [-0.4, -0.2) is 28.7 Å². The molecule has 1 saturated heterocycles. The molecule has 3 atom stereocenters. The number of hydrogen-bond donors (Lipinski definition) is 1. The van der Waals surface area contributed by atoms with Crippen molar-refractivity contribution in [1.29, 1.82) is 0 Å². The Morgan fingerprint density at radius 3 is 1.55 bits per heavy atom. The highest BCUT2D eigenvalue weighted by atomic mass is 35.5. The van der Waals surface area contributed by atoms with Crippen molar-refractivity contribution in [3.05, 3.63) is 100 Å². The normalized spacial score (nSPS) is 27.6. The van der Waals surface area contributed by atoms with Gasteiger partial charge in [0.05, 0.1) is 11.8 Å². The van der Waals surface area contributed by atoms with Gasteiger partial charge in [-0.05, 0) is 53.1 Å². The van der Waals surface area contributed by atoms with Crippen LogP contribution in [0.1, 0.15) is 54.2 Å². The molecule has 194 valence electrons. The molecule has 0 radical (unpaired) electrons. The van der Waals surface area contributed by atoms with Crippen molar-refractivity contribution in [2.45, 2.75) is 49.4 Å². The van der Waals surface area contributed by atoms with Gasteiger partial charge in [-0.1, -0.05) is 80.6 Å². The highest BCUT2D eigenvalue weighted by molar-refractivity contribution is 6.36.